The number of hydrogen-bond acceptors (Lipinski definition) is 5. The second kappa shape index (κ2) is 6.63. The zero-order valence-corrected chi connectivity index (χ0v) is 10.9. The van der Waals surface area contributed by atoms with Gasteiger partial charge >= 0.3 is 5.97 Å². The normalized spacial score (nSPS) is 10.2. The lowest BCUT2D eigenvalue weighted by atomic mass is 10.1. The summed E-state index contributed by atoms with van der Waals surface area (Å²) in [5.41, 5.74) is 1.03. The zero-order valence-electron chi connectivity index (χ0n) is 10.9. The molecular weight excluding hydrogens is 260 g/mol. The van der Waals surface area contributed by atoms with E-state index >= 15 is 0 Å². The number of benzene rings is 1. The number of carboxylic acids is 1. The molecule has 1 heterocycles. The summed E-state index contributed by atoms with van der Waals surface area (Å²) in [6, 6.07) is 7.51. The first-order chi connectivity index (χ1) is 9.69. The van der Waals surface area contributed by atoms with E-state index in [2.05, 4.69) is 9.97 Å². The Morgan fingerprint density at radius 3 is 2.50 bits per heavy atom. The van der Waals surface area contributed by atoms with Crippen molar-refractivity contribution < 1.29 is 19.4 Å². The molecule has 0 aliphatic carbocycles. The molecule has 0 saturated carbocycles. The molecule has 0 fully saturated rings. The minimum Gasteiger partial charge on any atom is -0.476 e. The van der Waals surface area contributed by atoms with Gasteiger partial charge in [0.2, 0.25) is 5.88 Å². The topological polar surface area (TPSA) is 81.5 Å². The molecule has 6 heteroatoms. The number of methoxy groups -OCH3 is 1. The molecule has 0 radical (unpaired) electrons. The van der Waals surface area contributed by atoms with Gasteiger partial charge in [0.1, 0.15) is 5.75 Å². The van der Waals surface area contributed by atoms with Gasteiger partial charge in [-0.25, -0.2) is 14.8 Å². The van der Waals surface area contributed by atoms with Gasteiger partial charge in [0, 0.05) is 7.11 Å². The highest BCUT2D eigenvalue weighted by Gasteiger charge is 2.06. The maximum atomic E-state index is 10.6. The van der Waals surface area contributed by atoms with E-state index in [4.69, 9.17) is 14.6 Å². The van der Waals surface area contributed by atoms with Gasteiger partial charge in [-0.15, -0.1) is 0 Å². The van der Waals surface area contributed by atoms with Crippen molar-refractivity contribution in [1.82, 2.24) is 9.97 Å². The fourth-order valence-corrected chi connectivity index (χ4v) is 1.54. The van der Waals surface area contributed by atoms with E-state index in [1.165, 1.54) is 6.20 Å². The van der Waals surface area contributed by atoms with Crippen molar-refractivity contribution in [2.45, 2.75) is 6.42 Å². The van der Waals surface area contributed by atoms with Gasteiger partial charge in [0.15, 0.2) is 5.69 Å². The Hall–Kier alpha value is -2.47. The molecule has 1 aromatic heterocycles. The van der Waals surface area contributed by atoms with Crippen molar-refractivity contribution in [3.63, 3.8) is 0 Å². The number of ether oxygens (including phenoxy) is 2. The molecule has 0 bridgehead atoms. The lowest BCUT2D eigenvalue weighted by Gasteiger charge is -2.05. The zero-order chi connectivity index (χ0) is 14.4. The summed E-state index contributed by atoms with van der Waals surface area (Å²) >= 11 is 0. The van der Waals surface area contributed by atoms with E-state index in [-0.39, 0.29) is 11.6 Å². The van der Waals surface area contributed by atoms with Gasteiger partial charge in [-0.2, -0.15) is 0 Å². The largest absolute Gasteiger partial charge is 0.476 e. The molecule has 0 aliphatic heterocycles. The Morgan fingerprint density at radius 2 is 1.95 bits per heavy atom. The van der Waals surface area contributed by atoms with Gasteiger partial charge < -0.3 is 14.6 Å². The summed E-state index contributed by atoms with van der Waals surface area (Å²) < 4.78 is 10.5. The molecule has 20 heavy (non-hydrogen) atoms. The molecule has 0 spiro atoms. The molecule has 1 N–H and O–H groups in total. The van der Waals surface area contributed by atoms with Crippen LogP contribution in [0.2, 0.25) is 0 Å². The van der Waals surface area contributed by atoms with Crippen LogP contribution < -0.4 is 4.74 Å². The number of nitrogens with zero attached hydrogens (tertiary/aromatic N) is 2. The third-order valence-corrected chi connectivity index (χ3v) is 2.59. The molecule has 1 aromatic carbocycles. The van der Waals surface area contributed by atoms with Crippen molar-refractivity contribution >= 4 is 5.97 Å². The first-order valence-corrected chi connectivity index (χ1v) is 6.00. The van der Waals surface area contributed by atoms with Gasteiger partial charge in [-0.1, -0.05) is 12.1 Å². The van der Waals surface area contributed by atoms with Crippen LogP contribution in [0.4, 0.5) is 0 Å². The number of rotatable bonds is 6. The third kappa shape index (κ3) is 3.76. The fourth-order valence-electron chi connectivity index (χ4n) is 1.54. The molecule has 0 saturated heterocycles. The predicted molar refractivity (Wildman–Crippen MR) is 71.1 cm³/mol. The minimum atomic E-state index is -1.12. The standard InChI is InChI=1S/C14H14N2O4/c1-19-7-6-10-2-4-11(5-3-10)20-13-9-15-12(8-16-13)14(17)18/h2-5,8-9H,6-7H2,1H3,(H,17,18). The van der Waals surface area contributed by atoms with E-state index < -0.39 is 5.97 Å². The molecule has 0 aliphatic rings. The Labute approximate surface area is 116 Å². The van der Waals surface area contributed by atoms with E-state index in [0.717, 1.165) is 18.2 Å². The van der Waals surface area contributed by atoms with Crippen molar-refractivity contribution in [2.75, 3.05) is 13.7 Å². The highest BCUT2D eigenvalue weighted by molar-refractivity contribution is 5.84. The van der Waals surface area contributed by atoms with Crippen LogP contribution in [0.5, 0.6) is 11.6 Å². The Balaban J connectivity index is 2.00. The van der Waals surface area contributed by atoms with Crippen molar-refractivity contribution in [2.24, 2.45) is 0 Å². The summed E-state index contributed by atoms with van der Waals surface area (Å²) in [7, 11) is 1.66. The van der Waals surface area contributed by atoms with Crippen LogP contribution in [0.15, 0.2) is 36.7 Å². The monoisotopic (exact) mass is 274 g/mol. The number of hydrogen-bond donors (Lipinski definition) is 1. The maximum Gasteiger partial charge on any atom is 0.356 e. The molecule has 2 rings (SSSR count). The average molecular weight is 274 g/mol. The van der Waals surface area contributed by atoms with Gasteiger partial charge in [-0.3, -0.25) is 0 Å². The first kappa shape index (κ1) is 14.0. The fraction of sp³-hybridized carbons (Fsp3) is 0.214. The van der Waals surface area contributed by atoms with Gasteiger partial charge in [-0.05, 0) is 24.1 Å². The van der Waals surface area contributed by atoms with E-state index in [0.29, 0.717) is 12.4 Å². The van der Waals surface area contributed by atoms with Gasteiger partial charge in [0.05, 0.1) is 19.0 Å². The van der Waals surface area contributed by atoms with E-state index in [1.807, 2.05) is 24.3 Å². The summed E-state index contributed by atoms with van der Waals surface area (Å²) in [4.78, 5) is 18.3. The lowest BCUT2D eigenvalue weighted by Crippen LogP contribution is -2.01. The van der Waals surface area contributed by atoms with Crippen LogP contribution in [0, 0.1) is 0 Å². The number of carbonyl (C=O) groups is 1. The van der Waals surface area contributed by atoms with Crippen molar-refractivity contribution in [3.8, 4) is 11.6 Å². The van der Waals surface area contributed by atoms with Crippen LogP contribution in [0.3, 0.4) is 0 Å². The minimum absolute atomic E-state index is 0.118. The lowest BCUT2D eigenvalue weighted by molar-refractivity contribution is 0.0690. The molecule has 2 aromatic rings. The van der Waals surface area contributed by atoms with Crippen molar-refractivity contribution in [3.05, 3.63) is 47.9 Å². The van der Waals surface area contributed by atoms with Crippen LogP contribution in [0.25, 0.3) is 0 Å². The second-order valence-corrected chi connectivity index (χ2v) is 4.03. The SMILES string of the molecule is COCCc1ccc(Oc2cnc(C(=O)O)cn2)cc1. The quantitative estimate of drug-likeness (QED) is 0.869. The molecule has 6 nitrogen and oxygen atoms in total. The van der Waals surface area contributed by atoms with Crippen molar-refractivity contribution in [1.29, 1.82) is 0 Å². The van der Waals surface area contributed by atoms with E-state index in [1.54, 1.807) is 7.11 Å². The van der Waals surface area contributed by atoms with Crippen LogP contribution >= 0.6 is 0 Å². The number of carboxylic acid groups (broad SMARTS) is 1. The third-order valence-electron chi connectivity index (χ3n) is 2.59. The summed E-state index contributed by atoms with van der Waals surface area (Å²) in [6.45, 7) is 0.669. The highest BCUT2D eigenvalue weighted by Crippen LogP contribution is 2.19. The van der Waals surface area contributed by atoms with Gasteiger partial charge in [0.25, 0.3) is 0 Å². The Morgan fingerprint density at radius 1 is 1.20 bits per heavy atom. The average Bonchev–Trinajstić information content (AvgIpc) is 2.47. The van der Waals surface area contributed by atoms with E-state index in [9.17, 15) is 4.79 Å². The maximum absolute atomic E-state index is 10.6. The first-order valence-electron chi connectivity index (χ1n) is 6.00. The van der Waals surface area contributed by atoms with Crippen LogP contribution in [-0.2, 0) is 11.2 Å². The Kier molecular flexibility index (Phi) is 4.62. The van der Waals surface area contributed by atoms with Crippen LogP contribution in [0.1, 0.15) is 16.1 Å². The molecule has 0 unspecified atom stereocenters. The molecular formula is C14H14N2O4. The second-order valence-electron chi connectivity index (χ2n) is 4.03. The smallest absolute Gasteiger partial charge is 0.356 e. The predicted octanol–water partition coefficient (Wildman–Crippen LogP) is 2.16. The van der Waals surface area contributed by atoms with Crippen LogP contribution in [-0.4, -0.2) is 34.8 Å². The Bertz CT molecular complexity index is 567. The number of aromatic nitrogens is 2. The molecule has 0 amide bonds. The summed E-state index contributed by atoms with van der Waals surface area (Å²) in [5.74, 6) is -0.255. The summed E-state index contributed by atoms with van der Waals surface area (Å²) in [6.07, 6.45) is 3.27. The molecule has 0 atom stereocenters. The summed E-state index contributed by atoms with van der Waals surface area (Å²) in [5, 5.41) is 8.71. The highest BCUT2D eigenvalue weighted by atomic mass is 16.5. The molecule has 104 valence electrons. The number of aromatic carboxylic acids is 1.